The monoisotopic (exact) mass is 463 g/mol. The average molecular weight is 464 g/mol. The highest BCUT2D eigenvalue weighted by atomic mass is 35.5. The number of hydrogen-bond donors (Lipinski definition) is 3. The molecule has 1 aliphatic rings. The number of thiophene rings is 1. The van der Waals surface area contributed by atoms with Gasteiger partial charge in [-0.1, -0.05) is 49.8 Å². The van der Waals surface area contributed by atoms with Crippen LogP contribution in [0.5, 0.6) is 0 Å². The van der Waals surface area contributed by atoms with Crippen molar-refractivity contribution in [2.45, 2.75) is 57.7 Å². The molecule has 3 N–H and O–H groups in total. The summed E-state index contributed by atoms with van der Waals surface area (Å²) in [5, 5.41) is 10.7. The molecule has 1 atom stereocenters. The van der Waals surface area contributed by atoms with Gasteiger partial charge in [0.05, 0.1) is 12.6 Å². The highest BCUT2D eigenvalue weighted by Crippen LogP contribution is 2.28. The fraction of sp³-hybridized carbons (Fsp3) is 0.542. The van der Waals surface area contributed by atoms with Gasteiger partial charge in [0.25, 0.3) is 0 Å². The van der Waals surface area contributed by atoms with E-state index in [0.29, 0.717) is 25.6 Å². The number of methoxy groups -OCH3 is 1. The van der Waals surface area contributed by atoms with E-state index in [1.807, 2.05) is 24.3 Å². The van der Waals surface area contributed by atoms with Crippen LogP contribution in [0.15, 0.2) is 36.4 Å². The number of benzene rings is 1. The summed E-state index contributed by atoms with van der Waals surface area (Å²) in [5.74, 6) is 0.724. The first-order valence-corrected chi connectivity index (χ1v) is 12.4. The smallest absolute Gasteiger partial charge is 0.237 e. The van der Waals surface area contributed by atoms with Crippen molar-refractivity contribution in [1.82, 2.24) is 10.6 Å². The first-order valence-electron chi connectivity index (χ1n) is 11.2. The Morgan fingerprint density at radius 1 is 1.16 bits per heavy atom. The van der Waals surface area contributed by atoms with Crippen molar-refractivity contribution in [3.63, 3.8) is 0 Å². The predicted molar refractivity (Wildman–Crippen MR) is 130 cm³/mol. The highest BCUT2D eigenvalue weighted by molar-refractivity contribution is 7.12. The molecule has 1 heterocycles. The zero-order valence-electron chi connectivity index (χ0n) is 18.3. The van der Waals surface area contributed by atoms with E-state index < -0.39 is 0 Å². The van der Waals surface area contributed by atoms with E-state index in [-0.39, 0.29) is 11.9 Å². The maximum atomic E-state index is 12.8. The Balaban J connectivity index is 1.51. The maximum Gasteiger partial charge on any atom is 0.237 e. The van der Waals surface area contributed by atoms with E-state index in [2.05, 4.69) is 28.1 Å². The lowest BCUT2D eigenvalue weighted by Crippen LogP contribution is -2.45. The van der Waals surface area contributed by atoms with Gasteiger partial charge in [-0.25, -0.2) is 0 Å². The predicted octanol–water partition coefficient (Wildman–Crippen LogP) is 5.20. The van der Waals surface area contributed by atoms with E-state index >= 15 is 0 Å². The topological polar surface area (TPSA) is 62.4 Å². The van der Waals surface area contributed by atoms with Gasteiger partial charge in [-0.15, -0.1) is 11.3 Å². The third-order valence-electron chi connectivity index (χ3n) is 5.75. The third-order valence-corrected chi connectivity index (χ3v) is 7.07. The Bertz CT molecular complexity index is 808. The van der Waals surface area contributed by atoms with Crippen LogP contribution in [0.3, 0.4) is 0 Å². The number of ether oxygens (including phenoxy) is 1. The second-order valence-electron chi connectivity index (χ2n) is 8.19. The second kappa shape index (κ2) is 13.1. The van der Waals surface area contributed by atoms with Crippen molar-refractivity contribution in [3.8, 4) is 0 Å². The molecule has 0 aliphatic heterocycles. The molecular formula is C24H34ClN3O2S. The molecule has 0 radical (unpaired) electrons. The zero-order chi connectivity index (χ0) is 21.9. The van der Waals surface area contributed by atoms with Crippen molar-refractivity contribution in [2.24, 2.45) is 5.92 Å². The van der Waals surface area contributed by atoms with Gasteiger partial charge in [0.2, 0.25) is 5.91 Å². The molecule has 31 heavy (non-hydrogen) atoms. The highest BCUT2D eigenvalue weighted by Gasteiger charge is 2.24. The molecule has 0 unspecified atom stereocenters. The molecule has 170 valence electrons. The summed E-state index contributed by atoms with van der Waals surface area (Å²) >= 11 is 7.82. The number of halogens is 1. The average Bonchev–Trinajstić information content (AvgIpc) is 3.24. The van der Waals surface area contributed by atoms with Gasteiger partial charge in [0.1, 0.15) is 0 Å². The Hall–Kier alpha value is -1.60. The molecule has 0 saturated heterocycles. The number of carbonyl (C=O) groups excluding carboxylic acids is 1. The fourth-order valence-corrected chi connectivity index (χ4v) is 5.16. The molecule has 1 fully saturated rings. The molecule has 5 nitrogen and oxygen atoms in total. The van der Waals surface area contributed by atoms with Gasteiger partial charge in [-0.05, 0) is 42.7 Å². The molecule has 3 rings (SSSR count). The van der Waals surface area contributed by atoms with Crippen LogP contribution in [0.4, 0.5) is 5.69 Å². The molecule has 1 aromatic carbocycles. The molecule has 1 aliphatic carbocycles. The lowest BCUT2D eigenvalue weighted by atomic mass is 9.84. The summed E-state index contributed by atoms with van der Waals surface area (Å²) in [6.45, 7) is 2.55. The lowest BCUT2D eigenvalue weighted by molar-refractivity contribution is -0.123. The zero-order valence-corrected chi connectivity index (χ0v) is 19.9. The van der Waals surface area contributed by atoms with Crippen LogP contribution in [0, 0.1) is 5.92 Å². The van der Waals surface area contributed by atoms with Crippen LogP contribution in [0.25, 0.3) is 0 Å². The molecule has 2 aromatic rings. The van der Waals surface area contributed by atoms with E-state index in [4.69, 9.17) is 16.3 Å². The third kappa shape index (κ3) is 8.45. The lowest BCUT2D eigenvalue weighted by Gasteiger charge is -2.26. The Kier molecular flexibility index (Phi) is 10.1. The van der Waals surface area contributed by atoms with E-state index in [9.17, 15) is 4.79 Å². The first-order chi connectivity index (χ1) is 15.1. The van der Waals surface area contributed by atoms with Crippen molar-refractivity contribution < 1.29 is 9.53 Å². The largest absolute Gasteiger partial charge is 0.383 e. The summed E-state index contributed by atoms with van der Waals surface area (Å²) in [7, 11) is 1.65. The fourth-order valence-electron chi connectivity index (χ4n) is 4.06. The van der Waals surface area contributed by atoms with Crippen LogP contribution in [0.2, 0.25) is 5.02 Å². The van der Waals surface area contributed by atoms with E-state index in [1.165, 1.54) is 41.9 Å². The molecule has 1 aromatic heterocycles. The van der Waals surface area contributed by atoms with Crippen molar-refractivity contribution in [1.29, 1.82) is 0 Å². The van der Waals surface area contributed by atoms with Gasteiger partial charge >= 0.3 is 0 Å². The molecule has 1 saturated carbocycles. The molecule has 1 amide bonds. The van der Waals surface area contributed by atoms with Crippen LogP contribution in [-0.2, 0) is 22.6 Å². The van der Waals surface area contributed by atoms with Gasteiger partial charge in [0.15, 0.2) is 0 Å². The molecule has 0 bridgehead atoms. The van der Waals surface area contributed by atoms with E-state index in [1.54, 1.807) is 18.4 Å². The van der Waals surface area contributed by atoms with Crippen LogP contribution in [0.1, 0.15) is 48.3 Å². The van der Waals surface area contributed by atoms with Crippen LogP contribution < -0.4 is 16.0 Å². The second-order valence-corrected chi connectivity index (χ2v) is 9.88. The van der Waals surface area contributed by atoms with Crippen LogP contribution in [-0.4, -0.2) is 32.2 Å². The first kappa shape index (κ1) is 24.1. The summed E-state index contributed by atoms with van der Waals surface area (Å²) in [5.41, 5.74) is 1.01. The summed E-state index contributed by atoms with van der Waals surface area (Å²) in [6.07, 6.45) is 7.29. The maximum absolute atomic E-state index is 12.8. The van der Waals surface area contributed by atoms with Gasteiger partial charge in [-0.2, -0.15) is 0 Å². The number of hydrogen-bond acceptors (Lipinski definition) is 5. The summed E-state index contributed by atoms with van der Waals surface area (Å²) in [6, 6.07) is 11.9. The van der Waals surface area contributed by atoms with Gasteiger partial charge in [-0.3, -0.25) is 4.79 Å². The number of rotatable bonds is 12. The van der Waals surface area contributed by atoms with E-state index in [0.717, 1.165) is 23.7 Å². The van der Waals surface area contributed by atoms with Crippen molar-refractivity contribution >= 4 is 34.5 Å². The normalized spacial score (nSPS) is 15.5. The van der Waals surface area contributed by atoms with Crippen molar-refractivity contribution in [2.75, 3.05) is 25.6 Å². The Labute approximate surface area is 194 Å². The summed E-state index contributed by atoms with van der Waals surface area (Å²) < 4.78 is 5.07. The molecular weight excluding hydrogens is 430 g/mol. The number of carbonyl (C=O) groups is 1. The standard InChI is InChI=1S/C24H34ClN3O2S/c1-30-13-12-26-24(29)23(14-18-6-3-2-4-7-18)28-17-22-11-10-21(31-22)16-27-20-9-5-8-19(25)15-20/h5,8-11,15,18,23,27-28H,2-4,6-7,12-14,16-17H2,1H3,(H,26,29)/t23-/m0/s1. The number of nitrogens with one attached hydrogen (secondary N) is 3. The number of anilines is 1. The van der Waals surface area contributed by atoms with Crippen molar-refractivity contribution in [3.05, 3.63) is 51.2 Å². The summed E-state index contributed by atoms with van der Waals surface area (Å²) in [4.78, 5) is 15.3. The Morgan fingerprint density at radius 3 is 2.68 bits per heavy atom. The molecule has 7 heteroatoms. The molecule has 0 spiro atoms. The Morgan fingerprint density at radius 2 is 1.94 bits per heavy atom. The van der Waals surface area contributed by atoms with Gasteiger partial charge < -0.3 is 20.7 Å². The van der Waals surface area contributed by atoms with Crippen LogP contribution >= 0.6 is 22.9 Å². The van der Waals surface area contributed by atoms with Gasteiger partial charge in [0, 0.05) is 47.2 Å². The quantitative estimate of drug-likeness (QED) is 0.378. The minimum absolute atomic E-state index is 0.0852. The SMILES string of the molecule is COCCNC(=O)[C@H](CC1CCCCC1)NCc1ccc(CNc2cccc(Cl)c2)s1. The minimum Gasteiger partial charge on any atom is -0.383 e. The minimum atomic E-state index is -0.157. The number of amides is 1.